The first-order valence-corrected chi connectivity index (χ1v) is 9.16. The molecule has 0 N–H and O–H groups in total. The van der Waals surface area contributed by atoms with Crippen LogP contribution >= 0.6 is 22.7 Å². The lowest BCUT2D eigenvalue weighted by Gasteiger charge is -1.99. The monoisotopic (exact) mass is 349 g/mol. The minimum Gasteiger partial charge on any atom is -0.336 e. The molecule has 0 fully saturated rings. The summed E-state index contributed by atoms with van der Waals surface area (Å²) in [7, 11) is 1.82. The number of rotatable bonds is 0. The summed E-state index contributed by atoms with van der Waals surface area (Å²) < 4.78 is 5.50. The first kappa shape index (κ1) is 13.9. The Morgan fingerprint density at radius 2 is 1.12 bits per heavy atom. The van der Waals surface area contributed by atoms with Crippen molar-refractivity contribution in [2.75, 3.05) is 0 Å². The molecular weight excluding hydrogens is 338 g/mol. The predicted octanol–water partition coefficient (Wildman–Crippen LogP) is 4.48. The minimum absolute atomic E-state index is 0.00583. The van der Waals surface area contributed by atoms with E-state index in [1.807, 2.05) is 55.6 Å². The maximum absolute atomic E-state index is 13.0. The molecule has 5 rings (SSSR count). The number of aryl methyl sites for hydroxylation is 1. The summed E-state index contributed by atoms with van der Waals surface area (Å²) in [6.45, 7) is 0. The quantitative estimate of drug-likeness (QED) is 0.413. The van der Waals surface area contributed by atoms with Gasteiger partial charge in [-0.15, -0.1) is 22.7 Å². The lowest BCUT2D eigenvalue weighted by atomic mass is 10.2. The number of nitrogens with zero attached hydrogens (tertiary/aromatic N) is 1. The maximum atomic E-state index is 13.0. The van der Waals surface area contributed by atoms with Crippen molar-refractivity contribution in [2.45, 2.75) is 0 Å². The molecule has 24 heavy (non-hydrogen) atoms. The molecule has 116 valence electrons. The first-order valence-electron chi connectivity index (χ1n) is 7.52. The largest absolute Gasteiger partial charge is 0.336 e. The van der Waals surface area contributed by atoms with Crippen LogP contribution in [0.15, 0.2) is 58.1 Å². The maximum Gasteiger partial charge on any atom is 0.212 e. The fourth-order valence-electron chi connectivity index (χ4n) is 3.29. The van der Waals surface area contributed by atoms with Crippen molar-refractivity contribution in [3.63, 3.8) is 0 Å². The van der Waals surface area contributed by atoms with Gasteiger partial charge in [0.25, 0.3) is 0 Å². The van der Waals surface area contributed by atoms with Crippen molar-refractivity contribution >= 4 is 63.3 Å². The van der Waals surface area contributed by atoms with Crippen LogP contribution in [0.1, 0.15) is 0 Å². The smallest absolute Gasteiger partial charge is 0.212 e. The molecule has 0 amide bonds. The second-order valence-electron chi connectivity index (χ2n) is 5.77. The lowest BCUT2D eigenvalue weighted by molar-refractivity contribution is 1.01. The van der Waals surface area contributed by atoms with Gasteiger partial charge in [0.15, 0.2) is 0 Å². The van der Waals surface area contributed by atoms with E-state index in [2.05, 4.69) is 0 Å². The van der Waals surface area contributed by atoms with Gasteiger partial charge in [-0.2, -0.15) is 0 Å². The Morgan fingerprint density at radius 1 is 0.708 bits per heavy atom. The van der Waals surface area contributed by atoms with E-state index in [-0.39, 0.29) is 10.9 Å². The van der Waals surface area contributed by atoms with E-state index in [1.54, 1.807) is 27.2 Å². The topological polar surface area (TPSA) is 39.1 Å². The third-order valence-corrected chi connectivity index (χ3v) is 6.91. The summed E-state index contributed by atoms with van der Waals surface area (Å²) >= 11 is 3.17. The van der Waals surface area contributed by atoms with Crippen LogP contribution in [-0.4, -0.2) is 4.57 Å². The Bertz CT molecular complexity index is 1300. The molecule has 0 saturated heterocycles. The molecule has 3 heterocycles. The van der Waals surface area contributed by atoms with Gasteiger partial charge >= 0.3 is 0 Å². The molecule has 0 saturated carbocycles. The zero-order valence-corrected chi connectivity index (χ0v) is 14.3. The second-order valence-corrected chi connectivity index (χ2v) is 7.87. The van der Waals surface area contributed by atoms with Crippen LogP contribution in [-0.2, 0) is 7.05 Å². The molecule has 0 atom stereocenters. The zero-order valence-electron chi connectivity index (χ0n) is 12.7. The second kappa shape index (κ2) is 4.75. The summed E-state index contributed by atoms with van der Waals surface area (Å²) in [5, 5.41) is 1.42. The van der Waals surface area contributed by atoms with Crippen LogP contribution in [0.4, 0.5) is 0 Å². The molecule has 5 aromatic rings. The minimum atomic E-state index is -0.00583. The summed E-state index contributed by atoms with van der Waals surface area (Å²) in [4.78, 5) is 25.9. The molecule has 0 aliphatic rings. The number of fused-ring (bicyclic) bond motifs is 5. The van der Waals surface area contributed by atoms with Crippen molar-refractivity contribution in [3.05, 3.63) is 69.0 Å². The highest BCUT2D eigenvalue weighted by Crippen LogP contribution is 2.36. The van der Waals surface area contributed by atoms with Gasteiger partial charge in [-0.05, 0) is 24.3 Å². The van der Waals surface area contributed by atoms with Crippen molar-refractivity contribution in [1.82, 2.24) is 4.57 Å². The molecule has 0 spiro atoms. The van der Waals surface area contributed by atoms with Crippen molar-refractivity contribution in [2.24, 2.45) is 7.05 Å². The summed E-state index contributed by atoms with van der Waals surface area (Å²) in [6, 6.07) is 15.3. The third kappa shape index (κ3) is 1.66. The number of hydrogen-bond donors (Lipinski definition) is 0. The van der Waals surface area contributed by atoms with Crippen LogP contribution in [0.3, 0.4) is 0 Å². The van der Waals surface area contributed by atoms with Crippen LogP contribution in [0.5, 0.6) is 0 Å². The molecule has 3 aromatic heterocycles. The first-order chi connectivity index (χ1) is 11.7. The van der Waals surface area contributed by atoms with Crippen molar-refractivity contribution in [3.8, 4) is 0 Å². The third-order valence-electron chi connectivity index (χ3n) is 4.42. The number of aromatic nitrogens is 1. The fraction of sp³-hybridized carbons (Fsp3) is 0.0526. The van der Waals surface area contributed by atoms with E-state index < -0.39 is 0 Å². The normalized spacial score (nSPS) is 11.9. The standard InChI is InChI=1S/C19H11NO2S2/c1-20-14-16(21)10-6-2-4-8-12(10)23-18(14)19-15(20)17(22)11-7-3-5-9-13(11)24-19/h2-9H,1H3. The van der Waals surface area contributed by atoms with E-state index in [1.165, 1.54) is 0 Å². The molecule has 5 heteroatoms. The van der Waals surface area contributed by atoms with E-state index in [9.17, 15) is 9.59 Å². The van der Waals surface area contributed by atoms with Crippen LogP contribution in [0, 0.1) is 0 Å². The highest BCUT2D eigenvalue weighted by molar-refractivity contribution is 7.32. The molecule has 0 radical (unpaired) electrons. The highest BCUT2D eigenvalue weighted by atomic mass is 32.1. The Balaban J connectivity index is 2.18. The molecule has 0 bridgehead atoms. The highest BCUT2D eigenvalue weighted by Gasteiger charge is 2.18. The van der Waals surface area contributed by atoms with Crippen molar-refractivity contribution in [1.29, 1.82) is 0 Å². The van der Waals surface area contributed by atoms with Gasteiger partial charge < -0.3 is 4.57 Å². The SMILES string of the molecule is Cn1c2c(=O)c3ccccc3sc2c2sc3ccccc3c(=O)c21. The average molecular weight is 349 g/mol. The van der Waals surface area contributed by atoms with Gasteiger partial charge in [-0.25, -0.2) is 0 Å². The van der Waals surface area contributed by atoms with E-state index in [4.69, 9.17) is 0 Å². The Kier molecular flexibility index (Phi) is 2.75. The number of hydrogen-bond acceptors (Lipinski definition) is 4. The predicted molar refractivity (Wildman–Crippen MR) is 104 cm³/mol. The van der Waals surface area contributed by atoms with Gasteiger partial charge in [0, 0.05) is 27.2 Å². The van der Waals surface area contributed by atoms with E-state index in [0.29, 0.717) is 21.8 Å². The number of benzene rings is 2. The lowest BCUT2D eigenvalue weighted by Crippen LogP contribution is -2.09. The van der Waals surface area contributed by atoms with Crippen molar-refractivity contribution < 1.29 is 0 Å². The Morgan fingerprint density at radius 3 is 1.58 bits per heavy atom. The average Bonchev–Trinajstić information content (AvgIpc) is 2.88. The van der Waals surface area contributed by atoms with E-state index in [0.717, 1.165) is 18.8 Å². The molecule has 0 aliphatic carbocycles. The van der Waals surface area contributed by atoms with Gasteiger partial charge in [-0.3, -0.25) is 9.59 Å². The fourth-order valence-corrected chi connectivity index (χ4v) is 5.85. The van der Waals surface area contributed by atoms with Gasteiger partial charge in [0.05, 0.1) is 9.40 Å². The van der Waals surface area contributed by atoms with Gasteiger partial charge in [0.2, 0.25) is 10.9 Å². The summed E-state index contributed by atoms with van der Waals surface area (Å²) in [5.41, 5.74) is 1.23. The Hall–Kier alpha value is -2.50. The molecule has 2 aromatic carbocycles. The molecule has 0 aliphatic heterocycles. The zero-order chi connectivity index (χ0) is 16.4. The summed E-state index contributed by atoms with van der Waals surface area (Å²) in [5.74, 6) is 0. The van der Waals surface area contributed by atoms with Crippen LogP contribution in [0.25, 0.3) is 40.6 Å². The summed E-state index contributed by atoms with van der Waals surface area (Å²) in [6.07, 6.45) is 0. The Labute approximate surface area is 144 Å². The molecular formula is C19H11NO2S2. The van der Waals surface area contributed by atoms with Crippen LogP contribution in [0.2, 0.25) is 0 Å². The van der Waals surface area contributed by atoms with E-state index >= 15 is 0 Å². The van der Waals surface area contributed by atoms with Gasteiger partial charge in [0.1, 0.15) is 11.0 Å². The molecule has 0 unspecified atom stereocenters. The molecule has 3 nitrogen and oxygen atoms in total. The van der Waals surface area contributed by atoms with Crippen LogP contribution < -0.4 is 10.9 Å². The van der Waals surface area contributed by atoms with Gasteiger partial charge in [-0.1, -0.05) is 24.3 Å².